The second-order valence-corrected chi connectivity index (χ2v) is 4.65. The number of aryl methyl sites for hydroxylation is 1. The molecule has 20 heavy (non-hydrogen) atoms. The highest BCUT2D eigenvalue weighted by atomic mass is 16.5. The first-order valence-corrected chi connectivity index (χ1v) is 6.37. The van der Waals surface area contributed by atoms with E-state index in [2.05, 4.69) is 10.1 Å². The molecule has 3 rings (SSSR count). The summed E-state index contributed by atoms with van der Waals surface area (Å²) in [7, 11) is 0. The van der Waals surface area contributed by atoms with Crippen LogP contribution < -0.4 is 0 Å². The molecule has 1 aromatic heterocycles. The number of rotatable bonds is 3. The van der Waals surface area contributed by atoms with E-state index in [0.29, 0.717) is 11.7 Å². The summed E-state index contributed by atoms with van der Waals surface area (Å²) in [6, 6.07) is 15.4. The van der Waals surface area contributed by atoms with Crippen LogP contribution in [0.25, 0.3) is 22.8 Å². The van der Waals surface area contributed by atoms with E-state index in [4.69, 9.17) is 9.63 Å². The smallest absolute Gasteiger partial charge is 0.258 e. The Morgan fingerprint density at radius 1 is 1.05 bits per heavy atom. The average molecular weight is 266 g/mol. The van der Waals surface area contributed by atoms with Gasteiger partial charge in [-0.3, -0.25) is 0 Å². The van der Waals surface area contributed by atoms with Gasteiger partial charge in [0.1, 0.15) is 0 Å². The van der Waals surface area contributed by atoms with Crippen LogP contribution in [0.1, 0.15) is 11.1 Å². The highest BCUT2D eigenvalue weighted by molar-refractivity contribution is 5.60. The molecular weight excluding hydrogens is 252 g/mol. The molecule has 0 fully saturated rings. The number of aliphatic hydroxyl groups excluding tert-OH is 1. The minimum Gasteiger partial charge on any atom is -0.392 e. The predicted octanol–water partition coefficient (Wildman–Crippen LogP) is 3.20. The van der Waals surface area contributed by atoms with Crippen LogP contribution in [0, 0.1) is 6.92 Å². The fourth-order valence-corrected chi connectivity index (χ4v) is 2.04. The molecule has 4 nitrogen and oxygen atoms in total. The Morgan fingerprint density at radius 2 is 1.85 bits per heavy atom. The maximum absolute atomic E-state index is 9.16. The van der Waals surface area contributed by atoms with Gasteiger partial charge in [0.05, 0.1) is 6.61 Å². The van der Waals surface area contributed by atoms with Crippen molar-refractivity contribution in [1.29, 1.82) is 0 Å². The lowest BCUT2D eigenvalue weighted by atomic mass is 10.1. The molecule has 0 aliphatic heterocycles. The fourth-order valence-electron chi connectivity index (χ4n) is 2.04. The molecule has 0 spiro atoms. The molecule has 3 aromatic rings. The predicted molar refractivity (Wildman–Crippen MR) is 75.8 cm³/mol. The molecule has 0 radical (unpaired) electrons. The van der Waals surface area contributed by atoms with E-state index < -0.39 is 0 Å². The molecule has 100 valence electrons. The maximum atomic E-state index is 9.16. The summed E-state index contributed by atoms with van der Waals surface area (Å²) in [6.07, 6.45) is 0. The van der Waals surface area contributed by atoms with Gasteiger partial charge in [0.25, 0.3) is 5.89 Å². The Morgan fingerprint density at radius 3 is 2.65 bits per heavy atom. The zero-order chi connectivity index (χ0) is 13.9. The summed E-state index contributed by atoms with van der Waals surface area (Å²) >= 11 is 0. The first-order chi connectivity index (χ1) is 9.76. The van der Waals surface area contributed by atoms with Crippen molar-refractivity contribution in [2.75, 3.05) is 0 Å². The van der Waals surface area contributed by atoms with Gasteiger partial charge < -0.3 is 9.63 Å². The van der Waals surface area contributed by atoms with Crippen molar-refractivity contribution in [3.05, 3.63) is 59.7 Å². The monoisotopic (exact) mass is 266 g/mol. The van der Waals surface area contributed by atoms with E-state index >= 15 is 0 Å². The molecule has 0 saturated heterocycles. The van der Waals surface area contributed by atoms with Crippen LogP contribution in [-0.4, -0.2) is 15.2 Å². The Hall–Kier alpha value is -2.46. The van der Waals surface area contributed by atoms with Crippen LogP contribution >= 0.6 is 0 Å². The van der Waals surface area contributed by atoms with Gasteiger partial charge in [0, 0.05) is 11.1 Å². The van der Waals surface area contributed by atoms with Gasteiger partial charge in [-0.05, 0) is 30.7 Å². The van der Waals surface area contributed by atoms with Crippen molar-refractivity contribution < 1.29 is 9.63 Å². The molecular formula is C16H14N2O2. The SMILES string of the molecule is Cc1cccc(-c2nc(-c3cccc(CO)c3)no2)c1. The van der Waals surface area contributed by atoms with Crippen LogP contribution in [0.15, 0.2) is 53.1 Å². The van der Waals surface area contributed by atoms with Gasteiger partial charge in [0.2, 0.25) is 5.82 Å². The summed E-state index contributed by atoms with van der Waals surface area (Å²) in [6.45, 7) is 2.02. The second kappa shape index (κ2) is 5.27. The first-order valence-electron chi connectivity index (χ1n) is 6.37. The summed E-state index contributed by atoms with van der Waals surface area (Å²) in [5.41, 5.74) is 3.70. The van der Waals surface area contributed by atoms with Gasteiger partial charge in [-0.1, -0.05) is 41.1 Å². The third-order valence-corrected chi connectivity index (χ3v) is 3.06. The Labute approximate surface area is 116 Å². The second-order valence-electron chi connectivity index (χ2n) is 4.65. The van der Waals surface area contributed by atoms with E-state index in [9.17, 15) is 0 Å². The molecule has 0 amide bonds. The number of nitrogens with zero attached hydrogens (tertiary/aromatic N) is 2. The first kappa shape index (κ1) is 12.6. The number of benzene rings is 2. The lowest BCUT2D eigenvalue weighted by Crippen LogP contribution is -1.86. The van der Waals surface area contributed by atoms with E-state index in [1.165, 1.54) is 0 Å². The van der Waals surface area contributed by atoms with Crippen molar-refractivity contribution in [2.45, 2.75) is 13.5 Å². The largest absolute Gasteiger partial charge is 0.392 e. The summed E-state index contributed by atoms with van der Waals surface area (Å²) in [4.78, 5) is 4.41. The Bertz CT molecular complexity index is 735. The van der Waals surface area contributed by atoms with E-state index in [-0.39, 0.29) is 6.61 Å². The lowest BCUT2D eigenvalue weighted by molar-refractivity contribution is 0.282. The van der Waals surface area contributed by atoms with Gasteiger partial charge in [-0.25, -0.2) is 0 Å². The molecule has 1 N–H and O–H groups in total. The zero-order valence-corrected chi connectivity index (χ0v) is 11.1. The van der Waals surface area contributed by atoms with Crippen molar-refractivity contribution in [3.8, 4) is 22.8 Å². The van der Waals surface area contributed by atoms with Crippen LogP contribution in [0.4, 0.5) is 0 Å². The molecule has 0 atom stereocenters. The molecule has 0 aliphatic carbocycles. The molecule has 2 aromatic carbocycles. The van der Waals surface area contributed by atoms with Gasteiger partial charge in [-0.2, -0.15) is 4.98 Å². The van der Waals surface area contributed by atoms with Gasteiger partial charge in [0.15, 0.2) is 0 Å². The normalized spacial score (nSPS) is 10.7. The van der Waals surface area contributed by atoms with Crippen LogP contribution in [0.2, 0.25) is 0 Å². The van der Waals surface area contributed by atoms with E-state index in [1.807, 2.05) is 55.5 Å². The van der Waals surface area contributed by atoms with Crippen molar-refractivity contribution in [3.63, 3.8) is 0 Å². The standard InChI is InChI=1S/C16H14N2O2/c1-11-4-2-7-14(8-11)16-17-15(18-20-16)13-6-3-5-12(9-13)10-19/h2-9,19H,10H2,1H3. The van der Waals surface area contributed by atoms with Gasteiger partial charge >= 0.3 is 0 Å². The Balaban J connectivity index is 1.97. The minimum atomic E-state index is -0.00354. The van der Waals surface area contributed by atoms with Crippen LogP contribution in [0.5, 0.6) is 0 Å². The fraction of sp³-hybridized carbons (Fsp3) is 0.125. The topological polar surface area (TPSA) is 59.2 Å². The average Bonchev–Trinajstić information content (AvgIpc) is 2.97. The number of hydrogen-bond donors (Lipinski definition) is 1. The molecule has 0 unspecified atom stereocenters. The highest BCUT2D eigenvalue weighted by Crippen LogP contribution is 2.23. The maximum Gasteiger partial charge on any atom is 0.258 e. The molecule has 1 heterocycles. The summed E-state index contributed by atoms with van der Waals surface area (Å²) in [5.74, 6) is 1.02. The van der Waals surface area contributed by atoms with Crippen LogP contribution in [0.3, 0.4) is 0 Å². The van der Waals surface area contributed by atoms with Crippen LogP contribution in [-0.2, 0) is 6.61 Å². The third kappa shape index (κ3) is 2.46. The summed E-state index contributed by atoms with van der Waals surface area (Å²) in [5, 5.41) is 13.2. The quantitative estimate of drug-likeness (QED) is 0.790. The third-order valence-electron chi connectivity index (χ3n) is 3.06. The van der Waals surface area contributed by atoms with E-state index in [0.717, 1.165) is 22.3 Å². The van der Waals surface area contributed by atoms with Crippen molar-refractivity contribution >= 4 is 0 Å². The number of aliphatic hydroxyl groups is 1. The lowest BCUT2D eigenvalue weighted by Gasteiger charge is -1.98. The highest BCUT2D eigenvalue weighted by Gasteiger charge is 2.10. The van der Waals surface area contributed by atoms with E-state index in [1.54, 1.807) is 0 Å². The van der Waals surface area contributed by atoms with Crippen molar-refractivity contribution in [1.82, 2.24) is 10.1 Å². The minimum absolute atomic E-state index is 0.00354. The molecule has 0 bridgehead atoms. The molecule has 0 aliphatic rings. The Kier molecular flexibility index (Phi) is 3.31. The van der Waals surface area contributed by atoms with Crippen molar-refractivity contribution in [2.24, 2.45) is 0 Å². The molecule has 0 saturated carbocycles. The van der Waals surface area contributed by atoms with Gasteiger partial charge in [-0.15, -0.1) is 0 Å². The zero-order valence-electron chi connectivity index (χ0n) is 11.1. The number of hydrogen-bond acceptors (Lipinski definition) is 4. The molecule has 4 heteroatoms. The number of aromatic nitrogens is 2. The summed E-state index contributed by atoms with van der Waals surface area (Å²) < 4.78 is 5.31.